The number of hydrogen-bond acceptors (Lipinski definition) is 5. The zero-order valence-corrected chi connectivity index (χ0v) is 18.6. The second kappa shape index (κ2) is 11.4. The van der Waals surface area contributed by atoms with E-state index >= 15 is 0 Å². The highest BCUT2D eigenvalue weighted by Crippen LogP contribution is 2.22. The van der Waals surface area contributed by atoms with Gasteiger partial charge in [-0.25, -0.2) is 0 Å². The number of benzene rings is 2. The van der Waals surface area contributed by atoms with Crippen LogP contribution in [0.5, 0.6) is 0 Å². The minimum Gasteiger partial charge on any atom is -0.381 e. The van der Waals surface area contributed by atoms with Crippen molar-refractivity contribution in [2.45, 2.75) is 32.1 Å². The minimum atomic E-state index is -0.424. The van der Waals surface area contributed by atoms with Gasteiger partial charge >= 0.3 is 0 Å². The first-order chi connectivity index (χ1) is 15.5. The highest BCUT2D eigenvalue weighted by molar-refractivity contribution is 6.21. The summed E-state index contributed by atoms with van der Waals surface area (Å²) in [5.74, 6) is -0.784. The summed E-state index contributed by atoms with van der Waals surface area (Å²) < 4.78 is 5.72. The average Bonchev–Trinajstić information content (AvgIpc) is 3.05. The maximum atomic E-state index is 12.3. The van der Waals surface area contributed by atoms with Crippen LogP contribution in [-0.4, -0.2) is 56.0 Å². The van der Waals surface area contributed by atoms with Crippen LogP contribution >= 0.6 is 0 Å². The van der Waals surface area contributed by atoms with Gasteiger partial charge in [-0.15, -0.1) is 0 Å². The van der Waals surface area contributed by atoms with E-state index in [9.17, 15) is 14.4 Å². The smallest absolute Gasteiger partial charge is 0.261 e. The molecule has 1 heterocycles. The minimum absolute atomic E-state index is 0.180. The SMILES string of the molecule is CN(CCCOCCCCCCN1C(=O)c2ccccc2C1=O)c1cccc(C(N)=O)c1. The fraction of sp³-hybridized carbons (Fsp3) is 0.400. The molecule has 1 aliphatic heterocycles. The molecule has 0 atom stereocenters. The van der Waals surface area contributed by atoms with Crippen molar-refractivity contribution in [1.29, 1.82) is 0 Å². The number of nitrogens with two attached hydrogens (primary N) is 1. The number of amides is 3. The molecule has 0 bridgehead atoms. The quantitative estimate of drug-likeness (QED) is 0.383. The molecule has 7 heteroatoms. The fourth-order valence-electron chi connectivity index (χ4n) is 3.80. The van der Waals surface area contributed by atoms with Crippen LogP contribution in [0.2, 0.25) is 0 Å². The largest absolute Gasteiger partial charge is 0.381 e. The Morgan fingerprint density at radius 1 is 0.906 bits per heavy atom. The van der Waals surface area contributed by atoms with Gasteiger partial charge in [0.2, 0.25) is 5.91 Å². The van der Waals surface area contributed by atoms with Crippen molar-refractivity contribution in [3.8, 4) is 0 Å². The summed E-state index contributed by atoms with van der Waals surface area (Å²) in [6.07, 6.45) is 4.61. The molecule has 0 saturated carbocycles. The number of anilines is 1. The Kier molecular flexibility index (Phi) is 8.39. The van der Waals surface area contributed by atoms with Gasteiger partial charge in [0.15, 0.2) is 0 Å². The Labute approximate surface area is 189 Å². The third-order valence-corrected chi connectivity index (χ3v) is 5.65. The monoisotopic (exact) mass is 437 g/mol. The predicted molar refractivity (Wildman–Crippen MR) is 124 cm³/mol. The van der Waals surface area contributed by atoms with E-state index in [1.807, 2.05) is 19.2 Å². The van der Waals surface area contributed by atoms with Crippen LogP contribution in [0.1, 0.15) is 63.2 Å². The predicted octanol–water partition coefficient (Wildman–Crippen LogP) is 3.49. The van der Waals surface area contributed by atoms with Gasteiger partial charge in [0.25, 0.3) is 11.8 Å². The Morgan fingerprint density at radius 3 is 2.25 bits per heavy atom. The van der Waals surface area contributed by atoms with Gasteiger partial charge in [0.05, 0.1) is 11.1 Å². The second-order valence-electron chi connectivity index (χ2n) is 8.02. The number of rotatable bonds is 13. The number of ether oxygens (including phenoxy) is 1. The average molecular weight is 438 g/mol. The summed E-state index contributed by atoms with van der Waals surface area (Å²) in [6, 6.07) is 14.3. The van der Waals surface area contributed by atoms with Crippen molar-refractivity contribution >= 4 is 23.4 Å². The van der Waals surface area contributed by atoms with Crippen LogP contribution in [0.4, 0.5) is 5.69 Å². The first kappa shape index (κ1) is 23.5. The molecule has 0 aliphatic carbocycles. The van der Waals surface area contributed by atoms with E-state index in [1.165, 1.54) is 4.90 Å². The molecule has 1 aliphatic rings. The molecule has 0 radical (unpaired) electrons. The Balaban J connectivity index is 1.22. The molecule has 0 unspecified atom stereocenters. The first-order valence-electron chi connectivity index (χ1n) is 11.1. The fourth-order valence-corrected chi connectivity index (χ4v) is 3.80. The zero-order valence-electron chi connectivity index (χ0n) is 18.6. The van der Waals surface area contributed by atoms with Crippen LogP contribution in [0, 0.1) is 0 Å². The van der Waals surface area contributed by atoms with Crippen molar-refractivity contribution in [1.82, 2.24) is 4.90 Å². The lowest BCUT2D eigenvalue weighted by Crippen LogP contribution is -2.30. The number of primary amides is 1. The van der Waals surface area contributed by atoms with Crippen molar-refractivity contribution < 1.29 is 19.1 Å². The lowest BCUT2D eigenvalue weighted by Gasteiger charge is -2.19. The van der Waals surface area contributed by atoms with Crippen LogP contribution in [0.3, 0.4) is 0 Å². The Hall–Kier alpha value is -3.19. The maximum absolute atomic E-state index is 12.3. The van der Waals surface area contributed by atoms with Crippen LogP contribution in [0.15, 0.2) is 48.5 Å². The number of carbonyl (C=O) groups is 3. The molecular formula is C25H31N3O4. The molecular weight excluding hydrogens is 406 g/mol. The molecule has 7 nitrogen and oxygen atoms in total. The van der Waals surface area contributed by atoms with E-state index in [4.69, 9.17) is 10.5 Å². The van der Waals surface area contributed by atoms with Gasteiger partial charge in [0.1, 0.15) is 0 Å². The molecule has 0 aromatic heterocycles. The summed E-state index contributed by atoms with van der Waals surface area (Å²) in [6.45, 7) is 2.67. The topological polar surface area (TPSA) is 92.9 Å². The molecule has 2 N–H and O–H groups in total. The third kappa shape index (κ3) is 5.95. The van der Waals surface area contributed by atoms with E-state index in [1.54, 1.807) is 36.4 Å². The zero-order chi connectivity index (χ0) is 22.9. The highest BCUT2D eigenvalue weighted by Gasteiger charge is 2.34. The number of unbranched alkanes of at least 4 members (excludes halogenated alkanes) is 3. The number of imide groups is 1. The van der Waals surface area contributed by atoms with Crippen molar-refractivity contribution in [3.05, 3.63) is 65.2 Å². The number of nitrogens with zero attached hydrogens (tertiary/aromatic N) is 2. The summed E-state index contributed by atoms with van der Waals surface area (Å²) >= 11 is 0. The molecule has 32 heavy (non-hydrogen) atoms. The van der Waals surface area contributed by atoms with E-state index in [-0.39, 0.29) is 11.8 Å². The molecule has 0 saturated heterocycles. The molecule has 170 valence electrons. The van der Waals surface area contributed by atoms with Crippen LogP contribution < -0.4 is 10.6 Å². The van der Waals surface area contributed by atoms with Gasteiger partial charge in [0, 0.05) is 44.6 Å². The van der Waals surface area contributed by atoms with Crippen molar-refractivity contribution in [2.24, 2.45) is 5.73 Å². The number of carbonyl (C=O) groups excluding carboxylic acids is 3. The lowest BCUT2D eigenvalue weighted by molar-refractivity contribution is 0.0650. The van der Waals surface area contributed by atoms with Gasteiger partial charge in [-0.05, 0) is 49.6 Å². The molecule has 3 amide bonds. The van der Waals surface area contributed by atoms with Gasteiger partial charge in [-0.3, -0.25) is 19.3 Å². The summed E-state index contributed by atoms with van der Waals surface area (Å²) in [5, 5.41) is 0. The summed E-state index contributed by atoms with van der Waals surface area (Å²) in [7, 11) is 1.98. The normalized spacial score (nSPS) is 12.8. The molecule has 0 spiro atoms. The summed E-state index contributed by atoms with van der Waals surface area (Å²) in [5.41, 5.74) is 7.82. The highest BCUT2D eigenvalue weighted by atomic mass is 16.5. The van der Waals surface area contributed by atoms with Gasteiger partial charge in [-0.1, -0.05) is 31.0 Å². The van der Waals surface area contributed by atoms with Gasteiger partial charge in [-0.2, -0.15) is 0 Å². The first-order valence-corrected chi connectivity index (χ1v) is 11.1. The van der Waals surface area contributed by atoms with Crippen molar-refractivity contribution in [3.63, 3.8) is 0 Å². The van der Waals surface area contributed by atoms with Gasteiger partial charge < -0.3 is 15.4 Å². The molecule has 3 rings (SSSR count). The van der Waals surface area contributed by atoms with Crippen LogP contribution in [0.25, 0.3) is 0 Å². The Bertz CT molecular complexity index is 925. The van der Waals surface area contributed by atoms with E-state index in [2.05, 4.69) is 4.90 Å². The maximum Gasteiger partial charge on any atom is 0.261 e. The lowest BCUT2D eigenvalue weighted by atomic mass is 10.1. The molecule has 0 fully saturated rings. The Morgan fingerprint density at radius 2 is 1.56 bits per heavy atom. The molecule has 2 aromatic rings. The van der Waals surface area contributed by atoms with E-state index in [0.29, 0.717) is 36.4 Å². The standard InChI is InChI=1S/C25H31N3O4/c1-27(20-11-8-10-19(18-20)23(26)29)14-9-17-32-16-7-3-2-6-15-28-24(30)21-12-4-5-13-22(21)25(28)31/h4-5,8,10-13,18H,2-3,6-7,9,14-17H2,1H3,(H2,26,29). The second-order valence-corrected chi connectivity index (χ2v) is 8.02. The van der Waals surface area contributed by atoms with E-state index in [0.717, 1.165) is 44.3 Å². The van der Waals surface area contributed by atoms with E-state index < -0.39 is 5.91 Å². The summed E-state index contributed by atoms with van der Waals surface area (Å²) in [4.78, 5) is 39.4. The number of hydrogen-bond donors (Lipinski definition) is 1. The third-order valence-electron chi connectivity index (χ3n) is 5.65. The molecule has 2 aromatic carbocycles. The number of fused-ring (bicyclic) bond motifs is 1. The van der Waals surface area contributed by atoms with Crippen molar-refractivity contribution in [2.75, 3.05) is 38.3 Å². The van der Waals surface area contributed by atoms with Crippen LogP contribution in [-0.2, 0) is 4.74 Å².